The highest BCUT2D eigenvalue weighted by molar-refractivity contribution is 5.86. The fourth-order valence-electron chi connectivity index (χ4n) is 4.91. The normalized spacial score (nSPS) is 25.4. The average molecular weight is 436 g/mol. The van der Waals surface area contributed by atoms with Gasteiger partial charge in [-0.3, -0.25) is 14.5 Å². The maximum absolute atomic E-state index is 13.0. The van der Waals surface area contributed by atoms with Gasteiger partial charge in [0.05, 0.1) is 17.8 Å². The highest BCUT2D eigenvalue weighted by Gasteiger charge is 2.47. The van der Waals surface area contributed by atoms with Gasteiger partial charge in [-0.15, -0.1) is 0 Å². The molecule has 0 bridgehead atoms. The smallest absolute Gasteiger partial charge is 0.414 e. The quantitative estimate of drug-likeness (QED) is 0.489. The molecular formula is C23H37N3O5. The molecule has 2 heterocycles. The summed E-state index contributed by atoms with van der Waals surface area (Å²) in [5.74, 6) is 0.0884. The number of allylic oxidation sites excluding steroid dienone is 1. The van der Waals surface area contributed by atoms with Crippen LogP contribution in [0, 0.1) is 5.41 Å². The third-order valence-electron chi connectivity index (χ3n) is 6.78. The first-order valence-electron chi connectivity index (χ1n) is 11.7. The Kier molecular flexibility index (Phi) is 7.97. The van der Waals surface area contributed by atoms with Crippen LogP contribution in [-0.4, -0.2) is 72.6 Å². The van der Waals surface area contributed by atoms with Crippen LogP contribution in [0.5, 0.6) is 0 Å². The Morgan fingerprint density at radius 3 is 2.39 bits per heavy atom. The van der Waals surface area contributed by atoms with Crippen LogP contribution in [-0.2, 0) is 19.1 Å². The molecule has 2 saturated heterocycles. The highest BCUT2D eigenvalue weighted by Crippen LogP contribution is 2.37. The van der Waals surface area contributed by atoms with Gasteiger partial charge in [0, 0.05) is 38.1 Å². The third kappa shape index (κ3) is 5.99. The number of carbonyl (C=O) groups is 3. The van der Waals surface area contributed by atoms with Crippen LogP contribution < -0.4 is 5.32 Å². The molecule has 3 rings (SSSR count). The zero-order chi connectivity index (χ0) is 22.4. The Balaban J connectivity index is 1.61. The van der Waals surface area contributed by atoms with E-state index in [2.05, 4.69) is 16.8 Å². The molecule has 3 aliphatic rings. The first kappa shape index (κ1) is 23.6. The van der Waals surface area contributed by atoms with Gasteiger partial charge in [-0.05, 0) is 65.3 Å². The van der Waals surface area contributed by atoms with Crippen molar-refractivity contribution in [3.8, 4) is 0 Å². The molecule has 3 fully saturated rings. The molecule has 0 aromatic rings. The molecule has 0 spiro atoms. The van der Waals surface area contributed by atoms with Gasteiger partial charge in [-0.2, -0.15) is 0 Å². The molecule has 0 radical (unpaired) electrons. The zero-order valence-corrected chi connectivity index (χ0v) is 19.0. The van der Waals surface area contributed by atoms with E-state index in [1.807, 2.05) is 0 Å². The standard InChI is InChI=1S/C23H37N3O5/c1-4-30-21(28)23(15-20(27)24-18-7-5-8-18)11-6-12-26(16-23)19-9-13-25(14-10-19)22(29)31-17(2)3/h18-19H,2,4-16H2,1,3H3,(H,24,27). The number of nitrogens with one attached hydrogen (secondary N) is 1. The molecule has 2 amide bonds. The second-order valence-corrected chi connectivity index (χ2v) is 9.24. The molecule has 1 N–H and O–H groups in total. The number of esters is 1. The van der Waals surface area contributed by atoms with E-state index in [1.54, 1.807) is 18.7 Å². The minimum absolute atomic E-state index is 0.0445. The van der Waals surface area contributed by atoms with E-state index in [0.717, 1.165) is 45.1 Å². The van der Waals surface area contributed by atoms with E-state index in [9.17, 15) is 14.4 Å². The van der Waals surface area contributed by atoms with Gasteiger partial charge in [0.2, 0.25) is 5.91 Å². The van der Waals surface area contributed by atoms with Gasteiger partial charge in [-0.1, -0.05) is 6.58 Å². The molecule has 0 aromatic heterocycles. The van der Waals surface area contributed by atoms with Gasteiger partial charge in [0.15, 0.2) is 0 Å². The minimum atomic E-state index is -0.794. The van der Waals surface area contributed by atoms with Gasteiger partial charge < -0.3 is 19.7 Å². The van der Waals surface area contributed by atoms with Crippen molar-refractivity contribution in [1.82, 2.24) is 15.1 Å². The Labute approximate surface area is 185 Å². The lowest BCUT2D eigenvalue weighted by atomic mass is 9.75. The Morgan fingerprint density at radius 1 is 1.10 bits per heavy atom. The summed E-state index contributed by atoms with van der Waals surface area (Å²) in [5.41, 5.74) is -0.794. The molecule has 31 heavy (non-hydrogen) atoms. The van der Waals surface area contributed by atoms with Crippen molar-refractivity contribution in [3.05, 3.63) is 12.3 Å². The number of likely N-dealkylation sites (tertiary alicyclic amines) is 2. The van der Waals surface area contributed by atoms with Crippen molar-refractivity contribution in [1.29, 1.82) is 0 Å². The lowest BCUT2D eigenvalue weighted by Crippen LogP contribution is -2.56. The van der Waals surface area contributed by atoms with Crippen molar-refractivity contribution in [2.45, 2.75) is 77.3 Å². The molecule has 1 saturated carbocycles. The number of carbonyl (C=O) groups excluding carboxylic acids is 3. The topological polar surface area (TPSA) is 88.2 Å². The Bertz CT molecular complexity index is 685. The summed E-state index contributed by atoms with van der Waals surface area (Å²) < 4.78 is 10.6. The van der Waals surface area contributed by atoms with Gasteiger partial charge in [0.1, 0.15) is 0 Å². The van der Waals surface area contributed by atoms with Crippen molar-refractivity contribution >= 4 is 18.0 Å². The number of hydrogen-bond acceptors (Lipinski definition) is 6. The summed E-state index contributed by atoms with van der Waals surface area (Å²) in [5, 5.41) is 3.08. The second-order valence-electron chi connectivity index (χ2n) is 9.24. The molecule has 2 aliphatic heterocycles. The van der Waals surface area contributed by atoms with Crippen molar-refractivity contribution < 1.29 is 23.9 Å². The first-order valence-corrected chi connectivity index (χ1v) is 11.7. The van der Waals surface area contributed by atoms with Crippen molar-refractivity contribution in [2.75, 3.05) is 32.8 Å². The zero-order valence-electron chi connectivity index (χ0n) is 19.0. The fourth-order valence-corrected chi connectivity index (χ4v) is 4.91. The largest absolute Gasteiger partial charge is 0.466 e. The van der Waals surface area contributed by atoms with E-state index in [-0.39, 0.29) is 36.5 Å². The maximum atomic E-state index is 13.0. The molecule has 1 aliphatic carbocycles. The molecule has 8 nitrogen and oxygen atoms in total. The van der Waals surface area contributed by atoms with Crippen LogP contribution in [0.1, 0.15) is 65.2 Å². The van der Waals surface area contributed by atoms with Crippen LogP contribution in [0.25, 0.3) is 0 Å². The number of hydrogen-bond donors (Lipinski definition) is 1. The SMILES string of the molecule is C=C(C)OC(=O)N1CCC(N2CCCC(CC(=O)NC3CCC3)(C(=O)OCC)C2)CC1. The number of amides is 2. The molecule has 0 aromatic carbocycles. The van der Waals surface area contributed by atoms with Crippen LogP contribution in [0.4, 0.5) is 4.79 Å². The van der Waals surface area contributed by atoms with E-state index >= 15 is 0 Å². The highest BCUT2D eigenvalue weighted by atomic mass is 16.6. The van der Waals surface area contributed by atoms with E-state index in [0.29, 0.717) is 38.4 Å². The number of piperidine rings is 2. The summed E-state index contributed by atoms with van der Waals surface area (Å²) >= 11 is 0. The molecule has 1 unspecified atom stereocenters. The molecule has 174 valence electrons. The van der Waals surface area contributed by atoms with Crippen LogP contribution in [0.15, 0.2) is 12.3 Å². The van der Waals surface area contributed by atoms with Gasteiger partial charge in [0.25, 0.3) is 0 Å². The first-order chi connectivity index (χ1) is 14.8. The predicted octanol–water partition coefficient (Wildman–Crippen LogP) is 2.83. The van der Waals surface area contributed by atoms with Crippen molar-refractivity contribution in [3.63, 3.8) is 0 Å². The maximum Gasteiger partial charge on any atom is 0.414 e. The average Bonchev–Trinajstić information content (AvgIpc) is 2.71. The molecular weight excluding hydrogens is 398 g/mol. The van der Waals surface area contributed by atoms with E-state index < -0.39 is 5.41 Å². The monoisotopic (exact) mass is 435 g/mol. The third-order valence-corrected chi connectivity index (χ3v) is 6.78. The minimum Gasteiger partial charge on any atom is -0.466 e. The van der Waals surface area contributed by atoms with E-state index in [4.69, 9.17) is 9.47 Å². The lowest BCUT2D eigenvalue weighted by molar-refractivity contribution is -0.162. The summed E-state index contributed by atoms with van der Waals surface area (Å²) in [6, 6.07) is 0.535. The summed E-state index contributed by atoms with van der Waals surface area (Å²) in [6.45, 7) is 10.1. The second kappa shape index (κ2) is 10.5. The van der Waals surface area contributed by atoms with E-state index in [1.165, 1.54) is 0 Å². The summed E-state index contributed by atoms with van der Waals surface area (Å²) in [7, 11) is 0. The number of ether oxygens (including phenoxy) is 2. The summed E-state index contributed by atoms with van der Waals surface area (Å²) in [6.07, 6.45) is 6.20. The number of nitrogens with zero attached hydrogens (tertiary/aromatic N) is 2. The van der Waals surface area contributed by atoms with Crippen LogP contribution in [0.2, 0.25) is 0 Å². The Morgan fingerprint density at radius 2 is 1.81 bits per heavy atom. The van der Waals surface area contributed by atoms with Gasteiger partial charge >= 0.3 is 12.1 Å². The van der Waals surface area contributed by atoms with Gasteiger partial charge in [-0.25, -0.2) is 4.79 Å². The molecule has 1 atom stereocenters. The fraction of sp³-hybridized carbons (Fsp3) is 0.783. The van der Waals surface area contributed by atoms with Crippen LogP contribution in [0.3, 0.4) is 0 Å². The lowest BCUT2D eigenvalue weighted by Gasteiger charge is -2.46. The summed E-state index contributed by atoms with van der Waals surface area (Å²) in [4.78, 5) is 41.9. The van der Waals surface area contributed by atoms with Crippen molar-refractivity contribution in [2.24, 2.45) is 5.41 Å². The predicted molar refractivity (Wildman–Crippen MR) is 116 cm³/mol. The number of rotatable bonds is 7. The molecule has 8 heteroatoms. The Hall–Kier alpha value is -2.09. The van der Waals surface area contributed by atoms with Crippen LogP contribution >= 0.6 is 0 Å².